The Kier molecular flexibility index (Phi) is 11.8. The Hall–Kier alpha value is -3.37. The quantitative estimate of drug-likeness (QED) is 0.214. The van der Waals surface area contributed by atoms with Gasteiger partial charge in [-0.3, -0.25) is 14.5 Å². The summed E-state index contributed by atoms with van der Waals surface area (Å²) < 4.78 is 0. The normalized spacial score (nSPS) is 13.6. The van der Waals surface area contributed by atoms with Gasteiger partial charge < -0.3 is 20.7 Å². The molecule has 1 aromatic heterocycles. The van der Waals surface area contributed by atoms with Crippen LogP contribution in [-0.4, -0.2) is 74.9 Å². The van der Waals surface area contributed by atoms with Crippen molar-refractivity contribution in [3.63, 3.8) is 0 Å². The van der Waals surface area contributed by atoms with Crippen LogP contribution < -0.4 is 10.6 Å². The molecule has 3 rings (SSSR count). The van der Waals surface area contributed by atoms with Crippen LogP contribution in [0.4, 0.5) is 0 Å². The standard InChI is InChI=1S/C29H39N5O4S/c1-4-20(2)26(33-27(35)14-23-15-30-19-31-23)17-34(18-28(36)32-25(29(37)38)12-13-39-3)16-22-10-7-9-21-8-5-6-11-24(21)22/h5-11,15,19-20,25-26H,4,12-14,16-18H2,1-3H3,(H,30,31)(H,32,36)(H,33,35)(H,37,38)/t20-,25-,26+/m0/s1. The van der Waals surface area contributed by atoms with E-state index in [2.05, 4.69) is 52.6 Å². The van der Waals surface area contributed by atoms with Gasteiger partial charge in [0.15, 0.2) is 0 Å². The van der Waals surface area contributed by atoms with E-state index in [-0.39, 0.29) is 36.7 Å². The zero-order valence-corrected chi connectivity index (χ0v) is 23.7. The Labute approximate surface area is 234 Å². The molecule has 0 saturated carbocycles. The van der Waals surface area contributed by atoms with Crippen molar-refractivity contribution >= 4 is 40.3 Å². The molecule has 0 aliphatic rings. The summed E-state index contributed by atoms with van der Waals surface area (Å²) in [7, 11) is 0. The van der Waals surface area contributed by atoms with E-state index in [9.17, 15) is 19.5 Å². The summed E-state index contributed by atoms with van der Waals surface area (Å²) in [6.07, 6.45) is 6.51. The van der Waals surface area contributed by atoms with E-state index >= 15 is 0 Å². The summed E-state index contributed by atoms with van der Waals surface area (Å²) in [5.41, 5.74) is 1.72. The van der Waals surface area contributed by atoms with E-state index in [4.69, 9.17) is 0 Å². The lowest BCUT2D eigenvalue weighted by Gasteiger charge is -2.31. The van der Waals surface area contributed by atoms with Gasteiger partial charge in [0.25, 0.3) is 0 Å². The molecular weight excluding hydrogens is 514 g/mol. The predicted octanol–water partition coefficient (Wildman–Crippen LogP) is 3.46. The van der Waals surface area contributed by atoms with E-state index in [0.717, 1.165) is 22.8 Å². The molecule has 210 valence electrons. The highest BCUT2D eigenvalue weighted by Crippen LogP contribution is 2.21. The van der Waals surface area contributed by atoms with Gasteiger partial charge in [-0.15, -0.1) is 0 Å². The number of carboxylic acids is 1. The fraction of sp³-hybridized carbons (Fsp3) is 0.448. The smallest absolute Gasteiger partial charge is 0.326 e. The van der Waals surface area contributed by atoms with Crippen molar-refractivity contribution in [2.75, 3.05) is 25.1 Å². The van der Waals surface area contributed by atoms with Crippen LogP contribution in [0.15, 0.2) is 55.0 Å². The lowest BCUT2D eigenvalue weighted by Crippen LogP contribution is -2.51. The third-order valence-electron chi connectivity index (χ3n) is 6.91. The second-order valence-corrected chi connectivity index (χ2v) is 10.8. The molecule has 3 aromatic rings. The van der Waals surface area contributed by atoms with Crippen molar-refractivity contribution in [1.82, 2.24) is 25.5 Å². The molecule has 9 nitrogen and oxygen atoms in total. The predicted molar refractivity (Wildman–Crippen MR) is 155 cm³/mol. The molecule has 4 N–H and O–H groups in total. The Bertz CT molecular complexity index is 1210. The summed E-state index contributed by atoms with van der Waals surface area (Å²) in [6.45, 7) is 5.06. The van der Waals surface area contributed by atoms with Gasteiger partial charge in [0.2, 0.25) is 11.8 Å². The molecule has 0 saturated heterocycles. The second kappa shape index (κ2) is 15.3. The Morgan fingerprint density at radius 3 is 2.56 bits per heavy atom. The van der Waals surface area contributed by atoms with Gasteiger partial charge in [-0.05, 0) is 40.7 Å². The van der Waals surface area contributed by atoms with Crippen LogP contribution in [-0.2, 0) is 27.3 Å². The van der Waals surface area contributed by atoms with Gasteiger partial charge in [-0.25, -0.2) is 9.78 Å². The average molecular weight is 554 g/mol. The number of nitrogens with zero attached hydrogens (tertiary/aromatic N) is 2. The minimum Gasteiger partial charge on any atom is -0.480 e. The molecule has 39 heavy (non-hydrogen) atoms. The van der Waals surface area contributed by atoms with E-state index < -0.39 is 12.0 Å². The number of rotatable bonds is 16. The maximum Gasteiger partial charge on any atom is 0.326 e. The number of aromatic amines is 1. The van der Waals surface area contributed by atoms with Crippen LogP contribution in [0.3, 0.4) is 0 Å². The van der Waals surface area contributed by atoms with Gasteiger partial charge in [0, 0.05) is 25.3 Å². The fourth-order valence-electron chi connectivity index (χ4n) is 4.53. The van der Waals surface area contributed by atoms with E-state index in [1.807, 2.05) is 35.4 Å². The number of carbonyl (C=O) groups is 3. The SMILES string of the molecule is CC[C@H](C)[C@@H](CN(CC(=O)N[C@@H](CCSC)C(=O)O)Cc1cccc2ccccc12)NC(=O)Cc1c[nH]cn1. The van der Waals surface area contributed by atoms with Gasteiger partial charge in [0.1, 0.15) is 6.04 Å². The molecule has 1 heterocycles. The van der Waals surface area contributed by atoms with E-state index in [1.165, 1.54) is 0 Å². The highest BCUT2D eigenvalue weighted by atomic mass is 32.2. The van der Waals surface area contributed by atoms with Gasteiger partial charge in [0.05, 0.1) is 25.0 Å². The largest absolute Gasteiger partial charge is 0.480 e. The first kappa shape index (κ1) is 30.2. The topological polar surface area (TPSA) is 127 Å². The third kappa shape index (κ3) is 9.40. The fourth-order valence-corrected chi connectivity index (χ4v) is 5.00. The minimum absolute atomic E-state index is 0.00837. The summed E-state index contributed by atoms with van der Waals surface area (Å²) in [5, 5.41) is 17.7. The molecule has 0 radical (unpaired) electrons. The average Bonchev–Trinajstić information content (AvgIpc) is 3.43. The first-order valence-corrected chi connectivity index (χ1v) is 14.7. The number of aliphatic carboxylic acids is 1. The number of carboxylic acid groups (broad SMARTS) is 1. The highest BCUT2D eigenvalue weighted by molar-refractivity contribution is 7.98. The van der Waals surface area contributed by atoms with E-state index in [1.54, 1.807) is 24.3 Å². The van der Waals surface area contributed by atoms with E-state index in [0.29, 0.717) is 31.0 Å². The molecule has 0 unspecified atom stereocenters. The lowest BCUT2D eigenvalue weighted by molar-refractivity contribution is -0.142. The number of hydrogen-bond acceptors (Lipinski definition) is 6. The van der Waals surface area contributed by atoms with Crippen molar-refractivity contribution in [3.05, 3.63) is 66.2 Å². The molecule has 0 aliphatic carbocycles. The van der Waals surface area contributed by atoms with Gasteiger partial charge >= 0.3 is 5.97 Å². The Morgan fingerprint density at radius 2 is 1.87 bits per heavy atom. The number of benzene rings is 2. The summed E-state index contributed by atoms with van der Waals surface area (Å²) in [6, 6.07) is 13.0. The van der Waals surface area contributed by atoms with Gasteiger partial charge in [-0.2, -0.15) is 11.8 Å². The highest BCUT2D eigenvalue weighted by Gasteiger charge is 2.26. The van der Waals surface area contributed by atoms with Crippen LogP contribution in [0.5, 0.6) is 0 Å². The van der Waals surface area contributed by atoms with Crippen LogP contribution in [0.1, 0.15) is 37.9 Å². The van der Waals surface area contributed by atoms with Crippen molar-refractivity contribution in [1.29, 1.82) is 0 Å². The first-order chi connectivity index (χ1) is 18.8. The van der Waals surface area contributed by atoms with Crippen LogP contribution >= 0.6 is 11.8 Å². The number of nitrogens with one attached hydrogen (secondary N) is 3. The molecule has 3 atom stereocenters. The number of H-pyrrole nitrogens is 1. The molecular formula is C29H39N5O4S. The lowest BCUT2D eigenvalue weighted by atomic mass is 9.97. The zero-order valence-electron chi connectivity index (χ0n) is 22.9. The summed E-state index contributed by atoms with van der Waals surface area (Å²) in [5.74, 6) is -0.741. The maximum atomic E-state index is 13.1. The summed E-state index contributed by atoms with van der Waals surface area (Å²) in [4.78, 5) is 46.7. The monoisotopic (exact) mass is 553 g/mol. The number of carbonyl (C=O) groups excluding carboxylic acids is 2. The number of fused-ring (bicyclic) bond motifs is 1. The molecule has 0 fully saturated rings. The van der Waals surface area contributed by atoms with Crippen molar-refractivity contribution < 1.29 is 19.5 Å². The number of hydrogen-bond donors (Lipinski definition) is 4. The third-order valence-corrected chi connectivity index (χ3v) is 7.56. The Morgan fingerprint density at radius 1 is 1.10 bits per heavy atom. The van der Waals surface area contributed by atoms with Crippen LogP contribution in [0.2, 0.25) is 0 Å². The molecule has 0 spiro atoms. The van der Waals surface area contributed by atoms with Crippen molar-refractivity contribution in [2.24, 2.45) is 5.92 Å². The molecule has 10 heteroatoms. The minimum atomic E-state index is -1.04. The summed E-state index contributed by atoms with van der Waals surface area (Å²) >= 11 is 1.54. The second-order valence-electron chi connectivity index (χ2n) is 9.84. The molecule has 0 aliphatic heterocycles. The molecule has 0 bridgehead atoms. The van der Waals surface area contributed by atoms with Gasteiger partial charge in [-0.1, -0.05) is 62.7 Å². The van der Waals surface area contributed by atoms with Crippen LogP contribution in [0, 0.1) is 5.92 Å². The van der Waals surface area contributed by atoms with Crippen LogP contribution in [0.25, 0.3) is 10.8 Å². The number of thioether (sulfide) groups is 1. The zero-order chi connectivity index (χ0) is 28.2. The Balaban J connectivity index is 1.82. The maximum absolute atomic E-state index is 13.1. The van der Waals surface area contributed by atoms with Crippen molar-refractivity contribution in [3.8, 4) is 0 Å². The van der Waals surface area contributed by atoms with Crippen molar-refractivity contribution in [2.45, 2.75) is 51.7 Å². The molecule has 2 amide bonds. The number of amides is 2. The first-order valence-electron chi connectivity index (χ1n) is 13.3. The number of imidazole rings is 1. The number of aromatic nitrogens is 2. The molecule has 2 aromatic carbocycles.